The van der Waals surface area contributed by atoms with Crippen LogP contribution >= 0.6 is 0 Å². The van der Waals surface area contributed by atoms with Crippen molar-refractivity contribution < 1.29 is 19.1 Å². The topological polar surface area (TPSA) is 67.9 Å². The van der Waals surface area contributed by atoms with Crippen LogP contribution in [-0.2, 0) is 16.1 Å². The highest BCUT2D eigenvalue weighted by atomic mass is 16.7. The third-order valence-electron chi connectivity index (χ3n) is 4.62. The Morgan fingerprint density at radius 2 is 2.00 bits per heavy atom. The van der Waals surface area contributed by atoms with Crippen LogP contribution in [0.5, 0.6) is 11.5 Å². The Morgan fingerprint density at radius 1 is 1.24 bits per heavy atom. The molecule has 0 saturated carbocycles. The van der Waals surface area contributed by atoms with Gasteiger partial charge in [0.25, 0.3) is 0 Å². The molecule has 6 nitrogen and oxygen atoms in total. The van der Waals surface area contributed by atoms with E-state index in [1.165, 1.54) is 0 Å². The van der Waals surface area contributed by atoms with Crippen LogP contribution in [0.15, 0.2) is 18.2 Å². The zero-order chi connectivity index (χ0) is 18.0. The normalized spacial score (nSPS) is 19.6. The Labute approximate surface area is 148 Å². The van der Waals surface area contributed by atoms with Gasteiger partial charge in [-0.2, -0.15) is 0 Å². The summed E-state index contributed by atoms with van der Waals surface area (Å²) >= 11 is 0. The van der Waals surface area contributed by atoms with Crippen LogP contribution in [-0.4, -0.2) is 36.6 Å². The maximum absolute atomic E-state index is 12.5. The van der Waals surface area contributed by atoms with Gasteiger partial charge in [0.1, 0.15) is 0 Å². The van der Waals surface area contributed by atoms with E-state index in [1.54, 1.807) is 0 Å². The van der Waals surface area contributed by atoms with Gasteiger partial charge in [-0.15, -0.1) is 0 Å². The van der Waals surface area contributed by atoms with Crippen molar-refractivity contribution in [3.63, 3.8) is 0 Å². The first-order chi connectivity index (χ1) is 11.8. The molecule has 3 rings (SSSR count). The van der Waals surface area contributed by atoms with Crippen LogP contribution in [0.4, 0.5) is 0 Å². The van der Waals surface area contributed by atoms with E-state index < -0.39 is 5.41 Å². The predicted molar refractivity (Wildman–Crippen MR) is 93.2 cm³/mol. The Balaban J connectivity index is 1.55. The van der Waals surface area contributed by atoms with Crippen molar-refractivity contribution in [2.75, 3.05) is 19.9 Å². The van der Waals surface area contributed by atoms with E-state index in [4.69, 9.17) is 9.47 Å². The molecule has 2 aliphatic heterocycles. The second-order valence-electron chi connectivity index (χ2n) is 7.75. The predicted octanol–water partition coefficient (Wildman–Crippen LogP) is 2.32. The fourth-order valence-corrected chi connectivity index (χ4v) is 3.23. The number of amides is 2. The number of ether oxygens (including phenoxy) is 2. The lowest BCUT2D eigenvalue weighted by Crippen LogP contribution is -2.48. The second-order valence-corrected chi connectivity index (χ2v) is 7.75. The summed E-state index contributed by atoms with van der Waals surface area (Å²) in [5, 5.41) is 2.98. The number of carbonyl (C=O) groups is 2. The first-order valence-corrected chi connectivity index (χ1v) is 8.80. The number of hydrogen-bond donors (Lipinski definition) is 1. The zero-order valence-electron chi connectivity index (χ0n) is 15.1. The minimum Gasteiger partial charge on any atom is -0.454 e. The molecule has 0 bridgehead atoms. The minimum atomic E-state index is -0.412. The van der Waals surface area contributed by atoms with Crippen LogP contribution in [0.2, 0.25) is 0 Å². The largest absolute Gasteiger partial charge is 0.454 e. The molecule has 25 heavy (non-hydrogen) atoms. The third kappa shape index (κ3) is 4.06. The van der Waals surface area contributed by atoms with Crippen LogP contribution in [0.25, 0.3) is 0 Å². The van der Waals surface area contributed by atoms with Gasteiger partial charge >= 0.3 is 0 Å². The number of benzene rings is 1. The van der Waals surface area contributed by atoms with Crippen molar-refractivity contribution in [3.05, 3.63) is 23.8 Å². The van der Waals surface area contributed by atoms with Crippen molar-refractivity contribution in [2.45, 2.75) is 40.2 Å². The average molecular weight is 346 g/mol. The number of hydrogen-bond acceptors (Lipinski definition) is 4. The van der Waals surface area contributed by atoms with Gasteiger partial charge in [0, 0.05) is 25.0 Å². The highest BCUT2D eigenvalue weighted by molar-refractivity contribution is 5.83. The van der Waals surface area contributed by atoms with Crippen molar-refractivity contribution in [3.8, 4) is 11.5 Å². The summed E-state index contributed by atoms with van der Waals surface area (Å²) in [6, 6.07) is 5.66. The Hall–Kier alpha value is -2.24. The molecule has 1 aromatic rings. The Kier molecular flexibility index (Phi) is 4.88. The quantitative estimate of drug-likeness (QED) is 0.912. The van der Waals surface area contributed by atoms with Crippen LogP contribution in [0.1, 0.15) is 39.2 Å². The van der Waals surface area contributed by atoms with E-state index in [9.17, 15) is 9.59 Å². The third-order valence-corrected chi connectivity index (χ3v) is 4.62. The molecule has 1 saturated heterocycles. The van der Waals surface area contributed by atoms with Gasteiger partial charge in [-0.05, 0) is 30.5 Å². The molecule has 1 N–H and O–H groups in total. The minimum absolute atomic E-state index is 0.00377. The molecule has 2 heterocycles. The number of likely N-dealkylation sites (tertiary alicyclic amines) is 1. The Bertz CT molecular complexity index is 666. The standard InChI is InChI=1S/C19H26N2O4/c1-19(2,3)18(23)21-8-4-5-14(11-21)17(22)20-10-13-6-7-15-16(9-13)25-12-24-15/h6-7,9,14H,4-5,8,10-12H2,1-3H3,(H,20,22). The van der Waals surface area contributed by atoms with Gasteiger partial charge in [-0.1, -0.05) is 26.8 Å². The summed E-state index contributed by atoms with van der Waals surface area (Å²) in [7, 11) is 0. The number of rotatable bonds is 3. The average Bonchev–Trinajstić information content (AvgIpc) is 3.06. The van der Waals surface area contributed by atoms with E-state index >= 15 is 0 Å². The van der Waals surface area contributed by atoms with Gasteiger partial charge in [0.15, 0.2) is 11.5 Å². The molecule has 1 aromatic carbocycles. The van der Waals surface area contributed by atoms with E-state index in [1.807, 2.05) is 43.9 Å². The van der Waals surface area contributed by atoms with E-state index in [-0.39, 0.29) is 24.5 Å². The van der Waals surface area contributed by atoms with Crippen LogP contribution in [0.3, 0.4) is 0 Å². The lowest BCUT2D eigenvalue weighted by atomic mass is 9.91. The SMILES string of the molecule is CC(C)(C)C(=O)N1CCCC(C(=O)NCc2ccc3c(c2)OCO3)C1. The van der Waals surface area contributed by atoms with Crippen LogP contribution in [0, 0.1) is 11.3 Å². The number of carbonyl (C=O) groups excluding carboxylic acids is 2. The molecule has 0 aliphatic carbocycles. The Morgan fingerprint density at radius 3 is 2.76 bits per heavy atom. The number of nitrogens with zero attached hydrogens (tertiary/aromatic N) is 1. The molecule has 1 atom stereocenters. The molecule has 1 fully saturated rings. The highest BCUT2D eigenvalue weighted by Crippen LogP contribution is 2.32. The summed E-state index contributed by atoms with van der Waals surface area (Å²) in [6.45, 7) is 7.67. The van der Waals surface area contributed by atoms with E-state index in [0.29, 0.717) is 18.8 Å². The van der Waals surface area contributed by atoms with Gasteiger partial charge in [-0.3, -0.25) is 9.59 Å². The highest BCUT2D eigenvalue weighted by Gasteiger charge is 2.33. The van der Waals surface area contributed by atoms with Crippen molar-refractivity contribution in [1.82, 2.24) is 10.2 Å². The first-order valence-electron chi connectivity index (χ1n) is 8.80. The lowest BCUT2D eigenvalue weighted by Gasteiger charge is -2.35. The summed E-state index contributed by atoms with van der Waals surface area (Å²) in [4.78, 5) is 26.8. The molecule has 6 heteroatoms. The molecular weight excluding hydrogens is 320 g/mol. The fraction of sp³-hybridized carbons (Fsp3) is 0.579. The van der Waals surface area contributed by atoms with E-state index in [0.717, 1.165) is 30.7 Å². The maximum Gasteiger partial charge on any atom is 0.231 e. The summed E-state index contributed by atoms with van der Waals surface area (Å²) < 4.78 is 10.6. The second kappa shape index (κ2) is 6.94. The summed E-state index contributed by atoms with van der Waals surface area (Å²) in [5.74, 6) is 1.42. The molecule has 136 valence electrons. The number of nitrogens with one attached hydrogen (secondary N) is 1. The van der Waals surface area contributed by atoms with Crippen LogP contribution < -0.4 is 14.8 Å². The van der Waals surface area contributed by atoms with Crippen molar-refractivity contribution in [2.24, 2.45) is 11.3 Å². The fourth-order valence-electron chi connectivity index (χ4n) is 3.23. The van der Waals surface area contributed by atoms with Crippen molar-refractivity contribution in [1.29, 1.82) is 0 Å². The lowest BCUT2D eigenvalue weighted by molar-refractivity contribution is -0.142. The molecule has 0 spiro atoms. The number of piperidine rings is 1. The smallest absolute Gasteiger partial charge is 0.231 e. The molecule has 2 aliphatic rings. The molecule has 0 aromatic heterocycles. The van der Waals surface area contributed by atoms with Gasteiger partial charge < -0.3 is 19.7 Å². The zero-order valence-corrected chi connectivity index (χ0v) is 15.1. The summed E-state index contributed by atoms with van der Waals surface area (Å²) in [5.41, 5.74) is 0.557. The van der Waals surface area contributed by atoms with Gasteiger partial charge in [-0.25, -0.2) is 0 Å². The first kappa shape index (κ1) is 17.6. The molecular formula is C19H26N2O4. The number of fused-ring (bicyclic) bond motifs is 1. The molecule has 2 amide bonds. The van der Waals surface area contributed by atoms with Gasteiger partial charge in [0.2, 0.25) is 18.6 Å². The molecule has 1 unspecified atom stereocenters. The van der Waals surface area contributed by atoms with Gasteiger partial charge in [0.05, 0.1) is 5.92 Å². The van der Waals surface area contributed by atoms with Crippen molar-refractivity contribution >= 4 is 11.8 Å². The maximum atomic E-state index is 12.5. The summed E-state index contributed by atoms with van der Waals surface area (Å²) in [6.07, 6.45) is 1.69. The monoisotopic (exact) mass is 346 g/mol. The molecule has 0 radical (unpaired) electrons. The van der Waals surface area contributed by atoms with E-state index in [2.05, 4.69) is 5.32 Å².